The van der Waals surface area contributed by atoms with Crippen molar-refractivity contribution in [1.29, 1.82) is 0 Å². The fourth-order valence-corrected chi connectivity index (χ4v) is 2.10. The summed E-state index contributed by atoms with van der Waals surface area (Å²) >= 11 is 0. The summed E-state index contributed by atoms with van der Waals surface area (Å²) in [5, 5.41) is 4.09. The van der Waals surface area contributed by atoms with E-state index in [1.165, 1.54) is 5.56 Å². The molecule has 0 aliphatic carbocycles. The first-order valence-electron chi connectivity index (χ1n) is 5.72. The Morgan fingerprint density at radius 1 is 1.28 bits per heavy atom. The summed E-state index contributed by atoms with van der Waals surface area (Å²) in [4.78, 5) is 4.48. The SMILES string of the molecule is Cc1cc(C)c2oc(-c3cnn(C)c3N)nc2c1. The van der Waals surface area contributed by atoms with Gasteiger partial charge in [-0.25, -0.2) is 4.98 Å². The van der Waals surface area contributed by atoms with Crippen molar-refractivity contribution < 1.29 is 4.42 Å². The van der Waals surface area contributed by atoms with Gasteiger partial charge in [0.1, 0.15) is 11.3 Å². The summed E-state index contributed by atoms with van der Waals surface area (Å²) in [7, 11) is 1.79. The molecule has 5 heteroatoms. The first kappa shape index (κ1) is 10.8. The minimum Gasteiger partial charge on any atom is -0.436 e. The second kappa shape index (κ2) is 3.60. The van der Waals surface area contributed by atoms with E-state index in [1.807, 2.05) is 19.9 Å². The monoisotopic (exact) mass is 242 g/mol. The van der Waals surface area contributed by atoms with Gasteiger partial charge in [0, 0.05) is 7.05 Å². The van der Waals surface area contributed by atoms with Gasteiger partial charge in [-0.05, 0) is 31.0 Å². The number of rotatable bonds is 1. The number of hydrogen-bond acceptors (Lipinski definition) is 4. The standard InChI is InChI=1S/C13H14N4O/c1-7-4-8(2)11-10(5-7)16-13(18-11)9-6-15-17(3)12(9)14/h4-6H,14H2,1-3H3. The fourth-order valence-electron chi connectivity index (χ4n) is 2.10. The molecule has 0 unspecified atom stereocenters. The van der Waals surface area contributed by atoms with Crippen LogP contribution in [0.3, 0.4) is 0 Å². The predicted molar refractivity (Wildman–Crippen MR) is 70.1 cm³/mol. The van der Waals surface area contributed by atoms with Crippen LogP contribution in [0.15, 0.2) is 22.7 Å². The number of nitrogens with two attached hydrogens (primary N) is 1. The van der Waals surface area contributed by atoms with Crippen LogP contribution in [0.1, 0.15) is 11.1 Å². The lowest BCUT2D eigenvalue weighted by atomic mass is 10.1. The lowest BCUT2D eigenvalue weighted by Crippen LogP contribution is -1.97. The zero-order valence-corrected chi connectivity index (χ0v) is 10.6. The van der Waals surface area contributed by atoms with Crippen LogP contribution in [-0.4, -0.2) is 14.8 Å². The quantitative estimate of drug-likeness (QED) is 0.711. The number of oxazole rings is 1. The van der Waals surface area contributed by atoms with Gasteiger partial charge >= 0.3 is 0 Å². The van der Waals surface area contributed by atoms with Gasteiger partial charge in [0.15, 0.2) is 5.58 Å². The molecule has 0 fully saturated rings. The summed E-state index contributed by atoms with van der Waals surface area (Å²) in [6, 6.07) is 4.08. The number of fused-ring (bicyclic) bond motifs is 1. The van der Waals surface area contributed by atoms with Crippen LogP contribution in [0.25, 0.3) is 22.6 Å². The molecule has 18 heavy (non-hydrogen) atoms. The van der Waals surface area contributed by atoms with Crippen LogP contribution in [-0.2, 0) is 7.05 Å². The highest BCUT2D eigenvalue weighted by Crippen LogP contribution is 2.29. The zero-order chi connectivity index (χ0) is 12.9. The summed E-state index contributed by atoms with van der Waals surface area (Å²) in [6.07, 6.45) is 1.67. The lowest BCUT2D eigenvalue weighted by molar-refractivity contribution is 0.617. The van der Waals surface area contributed by atoms with Crippen molar-refractivity contribution >= 4 is 16.9 Å². The van der Waals surface area contributed by atoms with Gasteiger partial charge in [-0.3, -0.25) is 4.68 Å². The van der Waals surface area contributed by atoms with Crippen LogP contribution in [0, 0.1) is 13.8 Å². The predicted octanol–water partition coefficient (Wildman–Crippen LogP) is 2.43. The number of anilines is 1. The fraction of sp³-hybridized carbons (Fsp3) is 0.231. The van der Waals surface area contributed by atoms with Crippen molar-refractivity contribution in [3.8, 4) is 11.5 Å². The topological polar surface area (TPSA) is 69.9 Å². The molecule has 0 amide bonds. The highest BCUT2D eigenvalue weighted by Gasteiger charge is 2.15. The Morgan fingerprint density at radius 3 is 2.72 bits per heavy atom. The van der Waals surface area contributed by atoms with E-state index in [1.54, 1.807) is 17.9 Å². The van der Waals surface area contributed by atoms with Crippen molar-refractivity contribution in [1.82, 2.24) is 14.8 Å². The van der Waals surface area contributed by atoms with E-state index in [0.717, 1.165) is 22.2 Å². The summed E-state index contributed by atoms with van der Waals surface area (Å²) in [5.41, 5.74) is 10.6. The summed E-state index contributed by atoms with van der Waals surface area (Å²) in [5.74, 6) is 1.07. The maximum atomic E-state index is 5.92. The molecule has 92 valence electrons. The molecule has 0 bridgehead atoms. The molecule has 0 aliphatic rings. The molecule has 0 saturated heterocycles. The average Bonchev–Trinajstić information content (AvgIpc) is 2.84. The van der Waals surface area contributed by atoms with Crippen LogP contribution in [0.2, 0.25) is 0 Å². The first-order chi connectivity index (χ1) is 8.56. The second-order valence-electron chi connectivity index (χ2n) is 4.52. The third-order valence-electron chi connectivity index (χ3n) is 3.04. The third kappa shape index (κ3) is 1.48. The maximum Gasteiger partial charge on any atom is 0.232 e. The van der Waals surface area contributed by atoms with Crippen molar-refractivity contribution in [2.24, 2.45) is 7.05 Å². The molecule has 0 aliphatic heterocycles. The molecule has 0 radical (unpaired) electrons. The van der Waals surface area contributed by atoms with Gasteiger partial charge in [0.05, 0.1) is 11.8 Å². The Morgan fingerprint density at radius 2 is 2.06 bits per heavy atom. The van der Waals surface area contributed by atoms with Gasteiger partial charge < -0.3 is 10.2 Å². The maximum absolute atomic E-state index is 5.92. The number of benzene rings is 1. The van der Waals surface area contributed by atoms with E-state index in [4.69, 9.17) is 10.2 Å². The number of hydrogen-bond donors (Lipinski definition) is 1. The molecule has 2 N–H and O–H groups in total. The molecule has 0 atom stereocenters. The normalized spacial score (nSPS) is 11.3. The van der Waals surface area contributed by atoms with Crippen LogP contribution >= 0.6 is 0 Å². The minimum atomic E-state index is 0.518. The Balaban J connectivity index is 2.25. The summed E-state index contributed by atoms with van der Waals surface area (Å²) < 4.78 is 7.39. The van der Waals surface area contributed by atoms with Crippen LogP contribution in [0.4, 0.5) is 5.82 Å². The molecular weight excluding hydrogens is 228 g/mol. The van der Waals surface area contributed by atoms with Gasteiger partial charge in [0.2, 0.25) is 5.89 Å². The van der Waals surface area contributed by atoms with Crippen molar-refractivity contribution in [2.45, 2.75) is 13.8 Å². The average molecular weight is 242 g/mol. The van der Waals surface area contributed by atoms with Crippen molar-refractivity contribution in [3.05, 3.63) is 29.5 Å². The molecule has 3 aromatic rings. The molecule has 3 rings (SSSR count). The molecular formula is C13H14N4O. The van der Waals surface area contributed by atoms with Gasteiger partial charge in [0.25, 0.3) is 0 Å². The third-order valence-corrected chi connectivity index (χ3v) is 3.04. The number of aromatic nitrogens is 3. The first-order valence-corrected chi connectivity index (χ1v) is 5.72. The molecule has 2 heterocycles. The molecule has 1 aromatic carbocycles. The molecule has 0 saturated carbocycles. The van der Waals surface area contributed by atoms with Crippen LogP contribution in [0.5, 0.6) is 0 Å². The van der Waals surface area contributed by atoms with Crippen LogP contribution < -0.4 is 5.73 Å². The molecule has 0 spiro atoms. The van der Waals surface area contributed by atoms with E-state index in [-0.39, 0.29) is 0 Å². The van der Waals surface area contributed by atoms with Crippen molar-refractivity contribution in [2.75, 3.05) is 5.73 Å². The Kier molecular flexibility index (Phi) is 2.16. The molecule has 2 aromatic heterocycles. The largest absolute Gasteiger partial charge is 0.436 e. The molecule has 5 nitrogen and oxygen atoms in total. The van der Waals surface area contributed by atoms with E-state index < -0.39 is 0 Å². The number of nitrogens with zero attached hydrogens (tertiary/aromatic N) is 3. The van der Waals surface area contributed by atoms with E-state index in [0.29, 0.717) is 11.7 Å². The minimum absolute atomic E-state index is 0.518. The van der Waals surface area contributed by atoms with E-state index >= 15 is 0 Å². The Hall–Kier alpha value is -2.30. The van der Waals surface area contributed by atoms with Gasteiger partial charge in [-0.2, -0.15) is 5.10 Å². The zero-order valence-electron chi connectivity index (χ0n) is 10.6. The van der Waals surface area contributed by atoms with E-state index in [9.17, 15) is 0 Å². The highest BCUT2D eigenvalue weighted by molar-refractivity contribution is 5.81. The van der Waals surface area contributed by atoms with Gasteiger partial charge in [-0.15, -0.1) is 0 Å². The lowest BCUT2D eigenvalue weighted by Gasteiger charge is -1.95. The summed E-state index contributed by atoms with van der Waals surface area (Å²) in [6.45, 7) is 4.05. The Labute approximate surface area is 104 Å². The highest BCUT2D eigenvalue weighted by atomic mass is 16.3. The van der Waals surface area contributed by atoms with Gasteiger partial charge in [-0.1, -0.05) is 6.07 Å². The smallest absolute Gasteiger partial charge is 0.232 e. The second-order valence-corrected chi connectivity index (χ2v) is 4.52. The number of aryl methyl sites for hydroxylation is 3. The Bertz CT molecular complexity index is 739. The van der Waals surface area contributed by atoms with E-state index in [2.05, 4.69) is 16.1 Å². The van der Waals surface area contributed by atoms with Crippen molar-refractivity contribution in [3.63, 3.8) is 0 Å². The number of nitrogen functional groups attached to an aromatic ring is 1.